The molecule has 0 aliphatic rings. The molecular weight excluding hydrogens is 278 g/mol. The Labute approximate surface area is 123 Å². The summed E-state index contributed by atoms with van der Waals surface area (Å²) in [5.41, 5.74) is 1.74. The van der Waals surface area contributed by atoms with Crippen molar-refractivity contribution in [3.05, 3.63) is 41.9 Å². The Morgan fingerprint density at radius 2 is 2.05 bits per heavy atom. The lowest BCUT2D eigenvalue weighted by Gasteiger charge is -2.24. The topological polar surface area (TPSA) is 48.3 Å². The van der Waals surface area contributed by atoms with Crippen LogP contribution in [-0.2, 0) is 9.47 Å². The summed E-state index contributed by atoms with van der Waals surface area (Å²) < 4.78 is 12.4. The molecule has 1 unspecified atom stereocenters. The maximum atomic E-state index is 6.30. The minimum atomic E-state index is -0.343. The van der Waals surface area contributed by atoms with Crippen LogP contribution in [0, 0.1) is 0 Å². The maximum Gasteiger partial charge on any atom is 0.176 e. The van der Waals surface area contributed by atoms with Crippen LogP contribution in [0.2, 0.25) is 5.02 Å². The van der Waals surface area contributed by atoms with Gasteiger partial charge in [0.25, 0.3) is 0 Å². The van der Waals surface area contributed by atoms with Gasteiger partial charge in [-0.1, -0.05) is 17.7 Å². The fraction of sp³-hybridized carbons (Fsp3) is 0.357. The van der Waals surface area contributed by atoms with E-state index in [0.29, 0.717) is 5.02 Å². The van der Waals surface area contributed by atoms with Crippen LogP contribution < -0.4 is 5.32 Å². The van der Waals surface area contributed by atoms with Gasteiger partial charge in [-0.2, -0.15) is 0 Å². The second kappa shape index (κ2) is 6.74. The monoisotopic (exact) mass is 295 g/mol. The molecule has 0 bridgehead atoms. The summed E-state index contributed by atoms with van der Waals surface area (Å²) in [4.78, 5) is 4.05. The van der Waals surface area contributed by atoms with Crippen molar-refractivity contribution in [3.8, 4) is 5.69 Å². The van der Waals surface area contributed by atoms with E-state index >= 15 is 0 Å². The SMILES string of the molecule is COC(OC)C(C)Nc1cccc(Cl)c1-n1ccnc1. The van der Waals surface area contributed by atoms with Crippen LogP contribution in [-0.4, -0.2) is 36.1 Å². The molecule has 0 spiro atoms. The number of para-hydroxylation sites is 1. The van der Waals surface area contributed by atoms with Crippen molar-refractivity contribution in [2.24, 2.45) is 0 Å². The predicted molar refractivity (Wildman–Crippen MR) is 79.5 cm³/mol. The van der Waals surface area contributed by atoms with Crippen molar-refractivity contribution in [3.63, 3.8) is 0 Å². The van der Waals surface area contributed by atoms with E-state index in [1.54, 1.807) is 26.7 Å². The number of ether oxygens (including phenoxy) is 2. The fourth-order valence-corrected chi connectivity index (χ4v) is 2.38. The minimum Gasteiger partial charge on any atom is -0.376 e. The Morgan fingerprint density at radius 1 is 1.30 bits per heavy atom. The van der Waals surface area contributed by atoms with E-state index in [-0.39, 0.29) is 12.3 Å². The number of halogens is 1. The van der Waals surface area contributed by atoms with Gasteiger partial charge >= 0.3 is 0 Å². The lowest BCUT2D eigenvalue weighted by molar-refractivity contribution is -0.109. The number of nitrogens with zero attached hydrogens (tertiary/aromatic N) is 2. The van der Waals surface area contributed by atoms with Crippen molar-refractivity contribution >= 4 is 17.3 Å². The van der Waals surface area contributed by atoms with Gasteiger partial charge in [-0.25, -0.2) is 4.98 Å². The third kappa shape index (κ3) is 3.12. The largest absolute Gasteiger partial charge is 0.376 e. The first kappa shape index (κ1) is 14.8. The van der Waals surface area contributed by atoms with E-state index in [2.05, 4.69) is 10.3 Å². The summed E-state index contributed by atoms with van der Waals surface area (Å²) in [7, 11) is 3.22. The second-order valence-electron chi connectivity index (χ2n) is 4.38. The quantitative estimate of drug-likeness (QED) is 0.833. The van der Waals surface area contributed by atoms with Gasteiger partial charge < -0.3 is 19.4 Å². The Balaban J connectivity index is 2.31. The highest BCUT2D eigenvalue weighted by molar-refractivity contribution is 6.33. The van der Waals surface area contributed by atoms with Crippen molar-refractivity contribution in [2.75, 3.05) is 19.5 Å². The van der Waals surface area contributed by atoms with Crippen LogP contribution in [0.5, 0.6) is 0 Å². The van der Waals surface area contributed by atoms with E-state index in [4.69, 9.17) is 21.1 Å². The van der Waals surface area contributed by atoms with E-state index in [0.717, 1.165) is 11.4 Å². The first-order valence-corrected chi connectivity index (χ1v) is 6.64. The van der Waals surface area contributed by atoms with Crippen LogP contribution in [0.1, 0.15) is 6.92 Å². The smallest absolute Gasteiger partial charge is 0.176 e. The minimum absolute atomic E-state index is 0.0364. The Kier molecular flexibility index (Phi) is 5.00. The van der Waals surface area contributed by atoms with Crippen LogP contribution in [0.4, 0.5) is 5.69 Å². The van der Waals surface area contributed by atoms with E-state index in [1.807, 2.05) is 35.9 Å². The van der Waals surface area contributed by atoms with Gasteiger partial charge in [0.15, 0.2) is 6.29 Å². The number of rotatable bonds is 6. The predicted octanol–water partition coefficient (Wildman–Crippen LogP) is 2.95. The molecule has 20 heavy (non-hydrogen) atoms. The number of aromatic nitrogens is 2. The van der Waals surface area contributed by atoms with Gasteiger partial charge in [0.05, 0.1) is 28.8 Å². The standard InChI is InChI=1S/C14H18ClN3O2/c1-10(14(19-2)20-3)17-12-6-4-5-11(15)13(12)18-8-7-16-9-18/h4-10,14,17H,1-3H3. The average molecular weight is 296 g/mol. The molecule has 0 fully saturated rings. The molecular formula is C14H18ClN3O2. The van der Waals surface area contributed by atoms with Crippen molar-refractivity contribution in [2.45, 2.75) is 19.3 Å². The summed E-state index contributed by atoms with van der Waals surface area (Å²) in [6, 6.07) is 5.66. The molecule has 5 nitrogen and oxygen atoms in total. The van der Waals surface area contributed by atoms with Gasteiger partial charge in [0, 0.05) is 26.6 Å². The second-order valence-corrected chi connectivity index (χ2v) is 4.79. The third-order valence-corrected chi connectivity index (χ3v) is 3.31. The fourth-order valence-electron chi connectivity index (χ4n) is 2.10. The first-order valence-electron chi connectivity index (χ1n) is 6.26. The van der Waals surface area contributed by atoms with Crippen LogP contribution in [0.15, 0.2) is 36.9 Å². The molecule has 1 aromatic heterocycles. The van der Waals surface area contributed by atoms with Crippen molar-refractivity contribution < 1.29 is 9.47 Å². The molecule has 0 saturated heterocycles. The highest BCUT2D eigenvalue weighted by Crippen LogP contribution is 2.29. The maximum absolute atomic E-state index is 6.30. The van der Waals surface area contributed by atoms with Gasteiger partial charge in [0.2, 0.25) is 0 Å². The van der Waals surface area contributed by atoms with Gasteiger partial charge in [-0.3, -0.25) is 0 Å². The number of hydrogen-bond acceptors (Lipinski definition) is 4. The molecule has 1 aromatic carbocycles. The lowest BCUT2D eigenvalue weighted by Crippen LogP contribution is -2.34. The first-order chi connectivity index (χ1) is 9.67. The molecule has 2 rings (SSSR count). The van der Waals surface area contributed by atoms with Crippen LogP contribution >= 0.6 is 11.6 Å². The zero-order valence-electron chi connectivity index (χ0n) is 11.7. The number of benzene rings is 1. The molecule has 1 atom stereocenters. The molecule has 2 aromatic rings. The van der Waals surface area contributed by atoms with Crippen molar-refractivity contribution in [1.82, 2.24) is 9.55 Å². The molecule has 0 radical (unpaired) electrons. The van der Waals surface area contributed by atoms with E-state index < -0.39 is 0 Å². The third-order valence-electron chi connectivity index (χ3n) is 3.01. The Bertz CT molecular complexity index is 541. The molecule has 0 amide bonds. The molecule has 0 aliphatic carbocycles. The highest BCUT2D eigenvalue weighted by atomic mass is 35.5. The van der Waals surface area contributed by atoms with Crippen LogP contribution in [0.25, 0.3) is 5.69 Å². The molecule has 0 saturated carbocycles. The molecule has 1 heterocycles. The van der Waals surface area contributed by atoms with E-state index in [9.17, 15) is 0 Å². The number of methoxy groups -OCH3 is 2. The van der Waals surface area contributed by atoms with Crippen molar-refractivity contribution in [1.29, 1.82) is 0 Å². The highest BCUT2D eigenvalue weighted by Gasteiger charge is 2.18. The van der Waals surface area contributed by atoms with Gasteiger partial charge in [-0.15, -0.1) is 0 Å². The number of anilines is 1. The zero-order chi connectivity index (χ0) is 14.5. The number of nitrogens with one attached hydrogen (secondary N) is 1. The summed E-state index contributed by atoms with van der Waals surface area (Å²) in [5.74, 6) is 0. The van der Waals surface area contributed by atoms with Crippen LogP contribution in [0.3, 0.4) is 0 Å². The average Bonchev–Trinajstić information content (AvgIpc) is 2.94. The number of hydrogen-bond donors (Lipinski definition) is 1. The molecule has 108 valence electrons. The summed E-state index contributed by atoms with van der Waals surface area (Å²) in [6.45, 7) is 1.98. The van der Waals surface area contributed by atoms with E-state index in [1.165, 1.54) is 0 Å². The summed E-state index contributed by atoms with van der Waals surface area (Å²) in [5, 5.41) is 4.00. The molecule has 0 aliphatic heterocycles. The normalized spacial score (nSPS) is 12.7. The molecule has 6 heteroatoms. The number of imidazole rings is 1. The Morgan fingerprint density at radius 3 is 2.65 bits per heavy atom. The molecule has 1 N–H and O–H groups in total. The summed E-state index contributed by atoms with van der Waals surface area (Å²) >= 11 is 6.30. The summed E-state index contributed by atoms with van der Waals surface area (Å²) in [6.07, 6.45) is 4.93. The van der Waals surface area contributed by atoms with Gasteiger partial charge in [-0.05, 0) is 19.1 Å². The lowest BCUT2D eigenvalue weighted by atomic mass is 10.2. The zero-order valence-corrected chi connectivity index (χ0v) is 12.5. The Hall–Kier alpha value is -1.56. The van der Waals surface area contributed by atoms with Gasteiger partial charge in [0.1, 0.15) is 0 Å².